The van der Waals surface area contributed by atoms with E-state index in [0.29, 0.717) is 12.5 Å². The van der Waals surface area contributed by atoms with E-state index < -0.39 is 15.9 Å². The number of amides is 1. The van der Waals surface area contributed by atoms with Crippen LogP contribution in [0.2, 0.25) is 0 Å². The molecule has 8 heteroatoms. The summed E-state index contributed by atoms with van der Waals surface area (Å²) in [4.78, 5) is 11.0. The van der Waals surface area contributed by atoms with Crippen LogP contribution < -0.4 is 15.8 Å². The monoisotopic (exact) mass is 303 g/mol. The minimum atomic E-state index is -3.54. The quantitative estimate of drug-likeness (QED) is 0.719. The predicted octanol–water partition coefficient (Wildman–Crippen LogP) is 0.125. The van der Waals surface area contributed by atoms with Crippen molar-refractivity contribution in [2.75, 3.05) is 19.6 Å². The lowest BCUT2D eigenvalue weighted by atomic mass is 10.0. The van der Waals surface area contributed by atoms with Gasteiger partial charge in [-0.25, -0.2) is 13.1 Å². The normalized spacial score (nSPS) is 20.3. The fourth-order valence-corrected chi connectivity index (χ4v) is 4.31. The van der Waals surface area contributed by atoms with Gasteiger partial charge in [0.15, 0.2) is 0 Å². The molecule has 2 rings (SSSR count). The Balaban J connectivity index is 1.98. The van der Waals surface area contributed by atoms with Crippen molar-refractivity contribution in [1.29, 1.82) is 0 Å². The van der Waals surface area contributed by atoms with E-state index in [9.17, 15) is 13.2 Å². The largest absolute Gasteiger partial charge is 0.366 e. The number of rotatable bonds is 5. The Morgan fingerprint density at radius 3 is 2.95 bits per heavy atom. The topological polar surface area (TPSA) is 101 Å². The Morgan fingerprint density at radius 2 is 2.37 bits per heavy atom. The van der Waals surface area contributed by atoms with Gasteiger partial charge in [0.25, 0.3) is 0 Å². The van der Waals surface area contributed by atoms with Crippen molar-refractivity contribution in [1.82, 2.24) is 10.0 Å². The summed E-state index contributed by atoms with van der Waals surface area (Å²) in [5.74, 6) is -0.298. The van der Waals surface area contributed by atoms with Crippen LogP contribution in [0.5, 0.6) is 0 Å². The molecule has 1 aliphatic rings. The van der Waals surface area contributed by atoms with E-state index in [1.165, 1.54) is 11.4 Å². The molecule has 1 amide bonds. The molecule has 0 spiro atoms. The van der Waals surface area contributed by atoms with Gasteiger partial charge in [-0.05, 0) is 37.9 Å². The first kappa shape index (κ1) is 14.4. The van der Waals surface area contributed by atoms with Gasteiger partial charge in [0, 0.05) is 11.9 Å². The number of piperidine rings is 1. The molecule has 0 radical (unpaired) electrons. The second kappa shape index (κ2) is 6.00. The van der Waals surface area contributed by atoms with Gasteiger partial charge in [0.05, 0.1) is 5.56 Å². The lowest BCUT2D eigenvalue weighted by Crippen LogP contribution is -2.37. The minimum absolute atomic E-state index is 0.130. The molecule has 19 heavy (non-hydrogen) atoms. The summed E-state index contributed by atoms with van der Waals surface area (Å²) in [6, 6.07) is 1.31. The van der Waals surface area contributed by atoms with E-state index in [-0.39, 0.29) is 9.77 Å². The highest BCUT2D eigenvalue weighted by Crippen LogP contribution is 2.20. The van der Waals surface area contributed by atoms with Crippen LogP contribution in [-0.2, 0) is 10.0 Å². The molecule has 2 heterocycles. The molecular formula is C11H17N3O3S2. The zero-order valence-corrected chi connectivity index (χ0v) is 12.0. The number of primary amides is 1. The third-order valence-corrected chi connectivity index (χ3v) is 5.95. The molecule has 0 aliphatic carbocycles. The molecule has 0 bridgehead atoms. The average Bonchev–Trinajstić information content (AvgIpc) is 2.88. The van der Waals surface area contributed by atoms with E-state index in [1.54, 1.807) is 0 Å². The van der Waals surface area contributed by atoms with Crippen molar-refractivity contribution >= 4 is 27.3 Å². The summed E-state index contributed by atoms with van der Waals surface area (Å²) >= 11 is 1.00. The number of nitrogens with two attached hydrogens (primary N) is 1. The van der Waals surface area contributed by atoms with Crippen LogP contribution in [0.15, 0.2) is 15.7 Å². The third-order valence-electron chi connectivity index (χ3n) is 3.09. The number of hydrogen-bond acceptors (Lipinski definition) is 5. The van der Waals surface area contributed by atoms with Crippen LogP contribution in [0.3, 0.4) is 0 Å². The second-order valence-corrected chi connectivity index (χ2v) is 7.49. The molecule has 1 aromatic rings. The summed E-state index contributed by atoms with van der Waals surface area (Å²) in [5, 5.41) is 4.69. The van der Waals surface area contributed by atoms with E-state index >= 15 is 0 Å². The van der Waals surface area contributed by atoms with E-state index in [1.807, 2.05) is 0 Å². The molecule has 106 valence electrons. The second-order valence-electron chi connectivity index (χ2n) is 4.58. The summed E-state index contributed by atoms with van der Waals surface area (Å²) in [7, 11) is -3.54. The lowest BCUT2D eigenvalue weighted by Gasteiger charge is -2.22. The number of thiophene rings is 1. The van der Waals surface area contributed by atoms with Crippen molar-refractivity contribution in [2.45, 2.75) is 17.1 Å². The average molecular weight is 303 g/mol. The molecule has 1 fully saturated rings. The minimum Gasteiger partial charge on any atom is -0.366 e. The number of sulfonamides is 1. The zero-order valence-electron chi connectivity index (χ0n) is 10.4. The number of nitrogens with one attached hydrogen (secondary N) is 2. The van der Waals surface area contributed by atoms with Gasteiger partial charge in [0.2, 0.25) is 15.9 Å². The summed E-state index contributed by atoms with van der Waals surface area (Å²) in [6.07, 6.45) is 2.09. The highest BCUT2D eigenvalue weighted by molar-refractivity contribution is 7.91. The maximum absolute atomic E-state index is 12.0. The first-order valence-corrected chi connectivity index (χ1v) is 8.44. The first-order chi connectivity index (χ1) is 8.99. The molecule has 1 atom stereocenters. The maximum Gasteiger partial charge on any atom is 0.250 e. The molecule has 0 aromatic carbocycles. The Bertz CT molecular complexity index is 547. The van der Waals surface area contributed by atoms with Crippen molar-refractivity contribution < 1.29 is 13.2 Å². The van der Waals surface area contributed by atoms with Crippen LogP contribution in [0.1, 0.15) is 23.2 Å². The van der Waals surface area contributed by atoms with Gasteiger partial charge in [-0.2, -0.15) is 0 Å². The molecular weight excluding hydrogens is 286 g/mol. The summed E-state index contributed by atoms with van der Waals surface area (Å²) in [5.41, 5.74) is 5.33. The Hall–Kier alpha value is -0.960. The Morgan fingerprint density at radius 1 is 1.58 bits per heavy atom. The maximum atomic E-state index is 12.0. The van der Waals surface area contributed by atoms with Gasteiger partial charge in [-0.15, -0.1) is 11.3 Å². The highest BCUT2D eigenvalue weighted by Gasteiger charge is 2.20. The van der Waals surface area contributed by atoms with Crippen LogP contribution in [-0.4, -0.2) is 34.0 Å². The fraction of sp³-hybridized carbons (Fsp3) is 0.545. The molecule has 6 nitrogen and oxygen atoms in total. The van der Waals surface area contributed by atoms with Gasteiger partial charge in [-0.1, -0.05) is 0 Å². The van der Waals surface area contributed by atoms with Crippen LogP contribution >= 0.6 is 11.3 Å². The van der Waals surface area contributed by atoms with E-state index in [4.69, 9.17) is 5.73 Å². The summed E-state index contributed by atoms with van der Waals surface area (Å²) < 4.78 is 26.8. The molecule has 1 aliphatic heterocycles. The fourth-order valence-electron chi connectivity index (χ4n) is 1.98. The standard InChI is InChI=1S/C11H17N3O3S2/c12-11(15)9-4-10(18-7-9)19(16,17)14-6-8-2-1-3-13-5-8/h4,7-8,13-14H,1-3,5-6H2,(H2,12,15)/t8-/m0/s1. The molecule has 4 N–H and O–H groups in total. The molecule has 0 unspecified atom stereocenters. The van der Waals surface area contributed by atoms with Crippen molar-refractivity contribution in [3.05, 3.63) is 17.0 Å². The summed E-state index contributed by atoms with van der Waals surface area (Å²) in [6.45, 7) is 2.24. The van der Waals surface area contributed by atoms with Gasteiger partial charge in [0.1, 0.15) is 4.21 Å². The molecule has 1 saturated heterocycles. The predicted molar refractivity (Wildman–Crippen MR) is 73.6 cm³/mol. The van der Waals surface area contributed by atoms with Crippen molar-refractivity contribution in [3.63, 3.8) is 0 Å². The van der Waals surface area contributed by atoms with Crippen molar-refractivity contribution in [2.24, 2.45) is 11.7 Å². The third kappa shape index (κ3) is 3.75. The highest BCUT2D eigenvalue weighted by atomic mass is 32.2. The van der Waals surface area contributed by atoms with Gasteiger partial charge >= 0.3 is 0 Å². The van der Waals surface area contributed by atoms with Crippen LogP contribution in [0.4, 0.5) is 0 Å². The first-order valence-electron chi connectivity index (χ1n) is 6.08. The number of carbonyl (C=O) groups excluding carboxylic acids is 1. The molecule has 1 aromatic heterocycles. The smallest absolute Gasteiger partial charge is 0.250 e. The lowest BCUT2D eigenvalue weighted by molar-refractivity contribution is 0.100. The number of carbonyl (C=O) groups is 1. The van der Waals surface area contributed by atoms with Crippen LogP contribution in [0.25, 0.3) is 0 Å². The Kier molecular flexibility index (Phi) is 4.56. The van der Waals surface area contributed by atoms with Crippen LogP contribution in [0, 0.1) is 5.92 Å². The Labute approximate surface area is 116 Å². The van der Waals surface area contributed by atoms with Crippen molar-refractivity contribution in [3.8, 4) is 0 Å². The number of hydrogen-bond donors (Lipinski definition) is 3. The van der Waals surface area contributed by atoms with E-state index in [2.05, 4.69) is 10.0 Å². The van der Waals surface area contributed by atoms with Gasteiger partial charge in [-0.3, -0.25) is 4.79 Å². The van der Waals surface area contributed by atoms with Gasteiger partial charge < -0.3 is 11.1 Å². The zero-order chi connectivity index (χ0) is 13.9. The van der Waals surface area contributed by atoms with E-state index in [0.717, 1.165) is 37.3 Å². The SMILES string of the molecule is NC(=O)c1csc(S(=O)(=O)NC[C@H]2CCCNC2)c1. The molecule has 0 saturated carbocycles.